The number of thioether (sulfide) groups is 1. The number of nitrogens with zero attached hydrogens (tertiary/aromatic N) is 1. The highest BCUT2D eigenvalue weighted by molar-refractivity contribution is 8.00. The molecule has 1 saturated heterocycles. The van der Waals surface area contributed by atoms with Crippen molar-refractivity contribution in [2.24, 2.45) is 17.6 Å². The van der Waals surface area contributed by atoms with Crippen molar-refractivity contribution >= 4 is 11.8 Å². The molecule has 0 amide bonds. The van der Waals surface area contributed by atoms with Gasteiger partial charge in [-0.25, -0.2) is 0 Å². The Kier molecular flexibility index (Phi) is 5.24. The minimum atomic E-state index is 0.314. The quantitative estimate of drug-likeness (QED) is 0.862. The maximum atomic E-state index is 6.23. The van der Waals surface area contributed by atoms with Gasteiger partial charge in [-0.2, -0.15) is 11.8 Å². The predicted octanol–water partition coefficient (Wildman–Crippen LogP) is 3.36. The van der Waals surface area contributed by atoms with Crippen LogP contribution in [0.15, 0.2) is 0 Å². The highest BCUT2D eigenvalue weighted by Gasteiger charge is 2.42. The fourth-order valence-corrected chi connectivity index (χ4v) is 5.38. The Balaban J connectivity index is 2.03. The SMILES string of the molecule is CC1CN(C2(CN)CCC(C(C)C)CC2)CC(C)S1. The third kappa shape index (κ3) is 3.48. The van der Waals surface area contributed by atoms with E-state index in [9.17, 15) is 0 Å². The van der Waals surface area contributed by atoms with Crippen molar-refractivity contribution in [3.63, 3.8) is 0 Å². The van der Waals surface area contributed by atoms with Crippen LogP contribution in [0.3, 0.4) is 0 Å². The monoisotopic (exact) mass is 284 g/mol. The van der Waals surface area contributed by atoms with E-state index in [1.807, 2.05) is 0 Å². The molecule has 0 radical (unpaired) electrons. The van der Waals surface area contributed by atoms with E-state index in [2.05, 4.69) is 44.4 Å². The van der Waals surface area contributed by atoms with Gasteiger partial charge >= 0.3 is 0 Å². The average Bonchev–Trinajstić information content (AvgIpc) is 2.37. The number of hydrogen-bond acceptors (Lipinski definition) is 3. The van der Waals surface area contributed by atoms with Crippen LogP contribution in [0.25, 0.3) is 0 Å². The highest BCUT2D eigenvalue weighted by atomic mass is 32.2. The molecule has 0 bridgehead atoms. The summed E-state index contributed by atoms with van der Waals surface area (Å²) in [6.45, 7) is 12.8. The lowest BCUT2D eigenvalue weighted by Crippen LogP contribution is -2.60. The van der Waals surface area contributed by atoms with E-state index < -0.39 is 0 Å². The summed E-state index contributed by atoms with van der Waals surface area (Å²) in [5, 5.41) is 1.52. The zero-order valence-corrected chi connectivity index (χ0v) is 14.0. The molecule has 112 valence electrons. The van der Waals surface area contributed by atoms with Gasteiger partial charge in [-0.05, 0) is 37.5 Å². The standard InChI is InChI=1S/C16H32N2S/c1-12(2)15-5-7-16(11-17,8-6-15)18-9-13(3)19-14(4)10-18/h12-15H,5-11,17H2,1-4H3. The van der Waals surface area contributed by atoms with E-state index >= 15 is 0 Å². The topological polar surface area (TPSA) is 29.3 Å². The third-order valence-electron chi connectivity index (χ3n) is 5.37. The Hall–Kier alpha value is 0.270. The first-order valence-electron chi connectivity index (χ1n) is 8.07. The van der Waals surface area contributed by atoms with Gasteiger partial charge in [0.1, 0.15) is 0 Å². The Labute approximate surface area is 123 Å². The maximum Gasteiger partial charge on any atom is 0.0332 e. The highest BCUT2D eigenvalue weighted by Crippen LogP contribution is 2.41. The van der Waals surface area contributed by atoms with Crippen LogP contribution in [0.1, 0.15) is 53.4 Å². The van der Waals surface area contributed by atoms with Crippen molar-refractivity contribution in [2.45, 2.75) is 69.4 Å². The van der Waals surface area contributed by atoms with Crippen molar-refractivity contribution < 1.29 is 0 Å². The van der Waals surface area contributed by atoms with Crippen LogP contribution in [0, 0.1) is 11.8 Å². The summed E-state index contributed by atoms with van der Waals surface area (Å²) in [5.41, 5.74) is 6.55. The van der Waals surface area contributed by atoms with Gasteiger partial charge in [0.05, 0.1) is 0 Å². The first kappa shape index (κ1) is 15.7. The molecule has 2 unspecified atom stereocenters. The van der Waals surface area contributed by atoms with E-state index in [4.69, 9.17) is 5.73 Å². The summed E-state index contributed by atoms with van der Waals surface area (Å²) in [6.07, 6.45) is 5.38. The minimum Gasteiger partial charge on any atom is -0.329 e. The lowest BCUT2D eigenvalue weighted by molar-refractivity contribution is 0.0336. The van der Waals surface area contributed by atoms with Crippen LogP contribution < -0.4 is 5.73 Å². The second kappa shape index (κ2) is 6.36. The molecular weight excluding hydrogens is 252 g/mol. The minimum absolute atomic E-state index is 0.314. The molecule has 1 heterocycles. The average molecular weight is 285 g/mol. The van der Waals surface area contributed by atoms with Crippen LogP contribution in [-0.2, 0) is 0 Å². The van der Waals surface area contributed by atoms with Gasteiger partial charge in [0, 0.05) is 35.7 Å². The molecule has 1 aliphatic carbocycles. The van der Waals surface area contributed by atoms with Crippen molar-refractivity contribution in [3.8, 4) is 0 Å². The van der Waals surface area contributed by atoms with E-state index in [0.29, 0.717) is 5.54 Å². The van der Waals surface area contributed by atoms with Gasteiger partial charge in [-0.1, -0.05) is 27.7 Å². The second-order valence-corrected chi connectivity index (χ2v) is 9.05. The molecule has 2 N–H and O–H groups in total. The predicted molar refractivity (Wildman–Crippen MR) is 86.7 cm³/mol. The van der Waals surface area contributed by atoms with Crippen molar-refractivity contribution in [1.29, 1.82) is 0 Å². The fourth-order valence-electron chi connectivity index (χ4n) is 4.06. The van der Waals surface area contributed by atoms with E-state index in [0.717, 1.165) is 28.9 Å². The van der Waals surface area contributed by atoms with Gasteiger partial charge in [-0.15, -0.1) is 0 Å². The first-order valence-corrected chi connectivity index (χ1v) is 9.01. The maximum absolute atomic E-state index is 6.23. The van der Waals surface area contributed by atoms with Gasteiger partial charge in [0.15, 0.2) is 0 Å². The van der Waals surface area contributed by atoms with Crippen LogP contribution in [0.5, 0.6) is 0 Å². The van der Waals surface area contributed by atoms with Gasteiger partial charge in [-0.3, -0.25) is 4.90 Å². The number of nitrogens with two attached hydrogens (primary N) is 1. The molecule has 1 saturated carbocycles. The smallest absolute Gasteiger partial charge is 0.0332 e. The Morgan fingerprint density at radius 2 is 1.68 bits per heavy atom. The van der Waals surface area contributed by atoms with Crippen molar-refractivity contribution in [2.75, 3.05) is 19.6 Å². The Morgan fingerprint density at radius 3 is 2.11 bits per heavy atom. The summed E-state index contributed by atoms with van der Waals surface area (Å²) in [6, 6.07) is 0. The van der Waals surface area contributed by atoms with Crippen LogP contribution in [-0.4, -0.2) is 40.6 Å². The largest absolute Gasteiger partial charge is 0.329 e. The Morgan fingerprint density at radius 1 is 1.16 bits per heavy atom. The second-order valence-electron chi connectivity index (χ2n) is 7.17. The van der Waals surface area contributed by atoms with E-state index in [-0.39, 0.29) is 0 Å². The molecule has 2 rings (SSSR count). The summed E-state index contributed by atoms with van der Waals surface area (Å²) in [5.74, 6) is 1.76. The van der Waals surface area contributed by atoms with Crippen LogP contribution in [0.2, 0.25) is 0 Å². The molecule has 2 nitrogen and oxygen atoms in total. The summed E-state index contributed by atoms with van der Waals surface area (Å²) in [7, 11) is 0. The normalized spacial score (nSPS) is 41.7. The Bertz CT molecular complexity index is 274. The van der Waals surface area contributed by atoms with E-state index in [1.165, 1.54) is 38.8 Å². The van der Waals surface area contributed by atoms with Gasteiger partial charge in [0.2, 0.25) is 0 Å². The molecule has 2 aliphatic rings. The summed E-state index contributed by atoms with van der Waals surface area (Å²) < 4.78 is 0. The summed E-state index contributed by atoms with van der Waals surface area (Å²) in [4.78, 5) is 2.75. The fraction of sp³-hybridized carbons (Fsp3) is 1.00. The molecule has 2 fully saturated rings. The van der Waals surface area contributed by atoms with Crippen molar-refractivity contribution in [1.82, 2.24) is 4.90 Å². The van der Waals surface area contributed by atoms with Gasteiger partial charge < -0.3 is 5.73 Å². The van der Waals surface area contributed by atoms with Crippen molar-refractivity contribution in [3.05, 3.63) is 0 Å². The molecule has 0 aromatic carbocycles. The van der Waals surface area contributed by atoms with Gasteiger partial charge in [0.25, 0.3) is 0 Å². The first-order chi connectivity index (χ1) is 8.97. The molecule has 3 heteroatoms. The zero-order valence-electron chi connectivity index (χ0n) is 13.2. The molecule has 19 heavy (non-hydrogen) atoms. The number of hydrogen-bond donors (Lipinski definition) is 1. The van der Waals surface area contributed by atoms with E-state index in [1.54, 1.807) is 0 Å². The lowest BCUT2D eigenvalue weighted by Gasteiger charge is -2.51. The van der Waals surface area contributed by atoms with Crippen LogP contribution >= 0.6 is 11.8 Å². The molecule has 2 atom stereocenters. The van der Waals surface area contributed by atoms with Crippen LogP contribution in [0.4, 0.5) is 0 Å². The molecule has 0 aromatic heterocycles. The molecule has 0 aromatic rings. The molecular formula is C16H32N2S. The zero-order chi connectivity index (χ0) is 14.0. The lowest BCUT2D eigenvalue weighted by atomic mass is 9.72. The summed E-state index contributed by atoms with van der Waals surface area (Å²) >= 11 is 2.14. The molecule has 0 spiro atoms. The number of rotatable bonds is 3. The third-order valence-corrected chi connectivity index (χ3v) is 6.60. The molecule has 1 aliphatic heterocycles.